The van der Waals surface area contributed by atoms with Crippen LogP contribution in [-0.4, -0.2) is 40.5 Å². The summed E-state index contributed by atoms with van der Waals surface area (Å²) in [5, 5.41) is 15.3. The Morgan fingerprint density at radius 1 is 1.36 bits per heavy atom. The molecule has 1 aliphatic heterocycles. The zero-order chi connectivity index (χ0) is 17.3. The lowest BCUT2D eigenvalue weighted by atomic mass is 9.96. The van der Waals surface area contributed by atoms with E-state index >= 15 is 0 Å². The van der Waals surface area contributed by atoms with E-state index in [4.69, 9.17) is 11.6 Å². The van der Waals surface area contributed by atoms with Crippen LogP contribution in [0.2, 0.25) is 5.02 Å². The topological polar surface area (TPSA) is 71.8 Å². The lowest BCUT2D eigenvalue weighted by Gasteiger charge is -2.22. The molecule has 0 spiro atoms. The highest BCUT2D eigenvalue weighted by atomic mass is 35.5. The summed E-state index contributed by atoms with van der Waals surface area (Å²) in [7, 11) is 0. The number of nitrogens with zero attached hydrogens (tertiary/aromatic N) is 3. The van der Waals surface area contributed by atoms with Gasteiger partial charge in [0, 0.05) is 17.0 Å². The van der Waals surface area contributed by atoms with Gasteiger partial charge in [-0.15, -0.1) is 5.10 Å². The van der Waals surface area contributed by atoms with Gasteiger partial charge in [-0.05, 0) is 56.5 Å². The van der Waals surface area contributed by atoms with Gasteiger partial charge in [-0.1, -0.05) is 28.9 Å². The summed E-state index contributed by atoms with van der Waals surface area (Å²) in [6.07, 6.45) is 5.93. The molecule has 25 heavy (non-hydrogen) atoms. The summed E-state index contributed by atoms with van der Waals surface area (Å²) in [6, 6.07) is 8.24. The summed E-state index contributed by atoms with van der Waals surface area (Å²) in [5.41, 5.74) is 1.60. The Hall–Kier alpha value is -1.92. The van der Waals surface area contributed by atoms with E-state index < -0.39 is 0 Å². The van der Waals surface area contributed by atoms with Crippen molar-refractivity contribution in [2.75, 3.05) is 19.6 Å². The molecule has 0 unspecified atom stereocenters. The largest absolute Gasteiger partial charge is 0.350 e. The molecule has 2 heterocycles. The number of hydrogen-bond acceptors (Lipinski definition) is 4. The van der Waals surface area contributed by atoms with Crippen LogP contribution < -0.4 is 10.6 Å². The fourth-order valence-corrected chi connectivity index (χ4v) is 3.70. The highest BCUT2D eigenvalue weighted by Crippen LogP contribution is 2.48. The zero-order valence-corrected chi connectivity index (χ0v) is 14.8. The molecule has 1 saturated heterocycles. The maximum atomic E-state index is 12.4. The number of amides is 1. The second-order valence-corrected chi connectivity index (χ2v) is 7.47. The minimum Gasteiger partial charge on any atom is -0.350 e. The number of nitrogens with one attached hydrogen (secondary N) is 2. The first-order chi connectivity index (χ1) is 12.2. The molecule has 1 aliphatic carbocycles. The molecule has 1 amide bonds. The summed E-state index contributed by atoms with van der Waals surface area (Å²) < 4.78 is 1.83. The third-order valence-corrected chi connectivity index (χ3v) is 5.54. The quantitative estimate of drug-likeness (QED) is 0.859. The first kappa shape index (κ1) is 16.5. The van der Waals surface area contributed by atoms with Gasteiger partial charge in [0.15, 0.2) is 5.69 Å². The van der Waals surface area contributed by atoms with Crippen LogP contribution in [0.4, 0.5) is 0 Å². The number of benzene rings is 1. The van der Waals surface area contributed by atoms with Gasteiger partial charge in [-0.2, -0.15) is 0 Å². The highest BCUT2D eigenvalue weighted by molar-refractivity contribution is 6.30. The summed E-state index contributed by atoms with van der Waals surface area (Å²) >= 11 is 6.10. The van der Waals surface area contributed by atoms with Crippen molar-refractivity contribution in [1.29, 1.82) is 0 Å². The van der Waals surface area contributed by atoms with E-state index in [0.29, 0.717) is 18.3 Å². The van der Waals surface area contributed by atoms with Gasteiger partial charge in [0.05, 0.1) is 12.2 Å². The van der Waals surface area contributed by atoms with E-state index in [2.05, 4.69) is 27.0 Å². The number of hydrogen-bond donors (Lipinski definition) is 2. The van der Waals surface area contributed by atoms with Gasteiger partial charge in [0.2, 0.25) is 0 Å². The van der Waals surface area contributed by atoms with Gasteiger partial charge in [0.25, 0.3) is 5.91 Å². The highest BCUT2D eigenvalue weighted by Gasteiger charge is 2.44. The number of piperidine rings is 1. The molecule has 0 radical (unpaired) electrons. The van der Waals surface area contributed by atoms with Gasteiger partial charge in [0.1, 0.15) is 0 Å². The molecule has 1 saturated carbocycles. The molecule has 2 aromatic rings. The lowest BCUT2D eigenvalue weighted by molar-refractivity contribution is 0.0944. The van der Waals surface area contributed by atoms with Crippen LogP contribution >= 0.6 is 11.6 Å². The van der Waals surface area contributed by atoms with Crippen molar-refractivity contribution >= 4 is 17.5 Å². The third kappa shape index (κ3) is 3.55. The molecule has 1 aromatic heterocycles. The van der Waals surface area contributed by atoms with Crippen molar-refractivity contribution in [1.82, 2.24) is 25.6 Å². The molecule has 2 aliphatic rings. The maximum Gasteiger partial charge on any atom is 0.273 e. The first-order valence-corrected chi connectivity index (χ1v) is 9.21. The standard InChI is InChI=1S/C18H22ClN5O/c19-14-3-1-2-13(10-14)18(6-7-18)12-21-17(25)16-11-24(23-22-16)15-4-8-20-9-5-15/h1-3,10-11,15,20H,4-9,12H2,(H,21,25). The Balaban J connectivity index is 1.38. The third-order valence-electron chi connectivity index (χ3n) is 5.30. The monoisotopic (exact) mass is 359 g/mol. The molecule has 0 atom stereocenters. The average molecular weight is 360 g/mol. The van der Waals surface area contributed by atoms with Crippen molar-refractivity contribution in [3.63, 3.8) is 0 Å². The van der Waals surface area contributed by atoms with Gasteiger partial charge in [-0.3, -0.25) is 4.79 Å². The summed E-state index contributed by atoms with van der Waals surface area (Å²) in [6.45, 7) is 2.56. The molecular formula is C18H22ClN5O. The Morgan fingerprint density at radius 2 is 2.16 bits per heavy atom. The molecule has 6 nitrogen and oxygen atoms in total. The van der Waals surface area contributed by atoms with E-state index in [1.807, 2.05) is 22.9 Å². The SMILES string of the molecule is O=C(NCC1(c2cccc(Cl)c2)CC1)c1cn(C2CCNCC2)nn1. The van der Waals surface area contributed by atoms with Crippen molar-refractivity contribution in [3.8, 4) is 0 Å². The van der Waals surface area contributed by atoms with Gasteiger partial charge >= 0.3 is 0 Å². The van der Waals surface area contributed by atoms with E-state index in [0.717, 1.165) is 43.8 Å². The molecule has 1 aromatic carbocycles. The van der Waals surface area contributed by atoms with Crippen LogP contribution in [0.15, 0.2) is 30.5 Å². The van der Waals surface area contributed by atoms with Gasteiger partial charge < -0.3 is 10.6 Å². The Bertz CT molecular complexity index is 764. The summed E-state index contributed by atoms with van der Waals surface area (Å²) in [4.78, 5) is 12.4. The molecule has 132 valence electrons. The number of carbonyl (C=O) groups excluding carboxylic acids is 1. The Kier molecular flexibility index (Phi) is 4.48. The maximum absolute atomic E-state index is 12.4. The lowest BCUT2D eigenvalue weighted by Crippen LogP contribution is -2.32. The summed E-state index contributed by atoms with van der Waals surface area (Å²) in [5.74, 6) is -0.159. The first-order valence-electron chi connectivity index (χ1n) is 8.83. The smallest absolute Gasteiger partial charge is 0.273 e. The van der Waals surface area contributed by atoms with Crippen LogP contribution in [-0.2, 0) is 5.41 Å². The number of halogens is 1. The predicted molar refractivity (Wildman–Crippen MR) is 95.9 cm³/mol. The van der Waals surface area contributed by atoms with Crippen LogP contribution in [0.5, 0.6) is 0 Å². The molecular weight excluding hydrogens is 338 g/mol. The molecule has 0 bridgehead atoms. The minimum absolute atomic E-state index is 0.0194. The second-order valence-electron chi connectivity index (χ2n) is 7.04. The molecule has 4 rings (SSSR count). The fourth-order valence-electron chi connectivity index (χ4n) is 3.51. The Morgan fingerprint density at radius 3 is 2.88 bits per heavy atom. The van der Waals surface area contributed by atoms with Crippen molar-refractivity contribution in [2.45, 2.75) is 37.1 Å². The second kappa shape index (κ2) is 6.77. The Labute approximate surface area is 151 Å². The molecule has 7 heteroatoms. The van der Waals surface area contributed by atoms with Crippen LogP contribution in [0.3, 0.4) is 0 Å². The fraction of sp³-hybridized carbons (Fsp3) is 0.500. The van der Waals surface area contributed by atoms with Crippen molar-refractivity contribution in [3.05, 3.63) is 46.7 Å². The minimum atomic E-state index is -0.159. The van der Waals surface area contributed by atoms with Crippen LogP contribution in [0.25, 0.3) is 0 Å². The number of carbonyl (C=O) groups is 1. The zero-order valence-electron chi connectivity index (χ0n) is 14.0. The normalized spacial score (nSPS) is 19.6. The van der Waals surface area contributed by atoms with E-state index in [-0.39, 0.29) is 11.3 Å². The van der Waals surface area contributed by atoms with Crippen molar-refractivity contribution < 1.29 is 4.79 Å². The number of rotatable bonds is 5. The van der Waals surface area contributed by atoms with E-state index in [9.17, 15) is 4.79 Å². The average Bonchev–Trinajstić information content (AvgIpc) is 3.27. The van der Waals surface area contributed by atoms with Gasteiger partial charge in [-0.25, -0.2) is 4.68 Å². The van der Waals surface area contributed by atoms with Crippen LogP contribution in [0, 0.1) is 0 Å². The van der Waals surface area contributed by atoms with Crippen LogP contribution in [0.1, 0.15) is 47.8 Å². The molecule has 2 N–H and O–H groups in total. The van der Waals surface area contributed by atoms with Crippen molar-refractivity contribution in [2.24, 2.45) is 0 Å². The van der Waals surface area contributed by atoms with E-state index in [1.165, 1.54) is 5.56 Å². The van der Waals surface area contributed by atoms with E-state index in [1.54, 1.807) is 6.20 Å². The predicted octanol–water partition coefficient (Wildman–Crippen LogP) is 2.32. The number of aromatic nitrogens is 3. The molecule has 2 fully saturated rings.